The first-order valence-electron chi connectivity index (χ1n) is 9.52. The molecule has 1 aromatic heterocycles. The monoisotopic (exact) mass is 468 g/mol. The summed E-state index contributed by atoms with van der Waals surface area (Å²) in [4.78, 5) is 14.6. The highest BCUT2D eigenvalue weighted by Gasteiger charge is 2.29. The van der Waals surface area contributed by atoms with Crippen LogP contribution in [0.5, 0.6) is 5.75 Å². The van der Waals surface area contributed by atoms with Crippen LogP contribution in [0.2, 0.25) is 0 Å². The summed E-state index contributed by atoms with van der Waals surface area (Å²) in [6.45, 7) is -2.63. The molecule has 0 unspecified atom stereocenters. The van der Waals surface area contributed by atoms with E-state index in [0.717, 1.165) is 12.1 Å². The second kappa shape index (κ2) is 8.76. The van der Waals surface area contributed by atoms with Crippen molar-refractivity contribution in [3.63, 3.8) is 0 Å². The van der Waals surface area contributed by atoms with Gasteiger partial charge in [-0.25, -0.2) is 13.4 Å². The Labute approximate surface area is 181 Å². The third-order valence-electron chi connectivity index (χ3n) is 4.96. The Morgan fingerprint density at radius 1 is 1.19 bits per heavy atom. The molecule has 0 saturated carbocycles. The number of hydrogen-bond acceptors (Lipinski definition) is 7. The number of nitrogens with zero attached hydrogens (tertiary/aromatic N) is 4. The van der Waals surface area contributed by atoms with Crippen LogP contribution < -0.4 is 4.74 Å². The highest BCUT2D eigenvalue weighted by molar-refractivity contribution is 7.89. The number of para-hydroxylation sites is 2. The first kappa shape index (κ1) is 22.0. The topological polar surface area (TPSA) is 117 Å². The van der Waals surface area contributed by atoms with Crippen LogP contribution in [0.3, 0.4) is 0 Å². The lowest BCUT2D eigenvalue weighted by Crippen LogP contribution is -2.40. The van der Waals surface area contributed by atoms with Crippen LogP contribution in [-0.2, 0) is 21.4 Å². The smallest absolute Gasteiger partial charge is 0.320 e. The summed E-state index contributed by atoms with van der Waals surface area (Å²) in [6.07, 6.45) is 0. The number of nitro groups is 1. The molecule has 1 fully saturated rings. The van der Waals surface area contributed by atoms with Crippen LogP contribution in [0, 0.1) is 10.1 Å². The van der Waals surface area contributed by atoms with Gasteiger partial charge in [-0.2, -0.15) is 13.1 Å². The normalized spacial score (nSPS) is 15.3. The Hall–Kier alpha value is -3.16. The number of rotatable bonds is 7. The molecular weight excluding hydrogens is 450 g/mol. The minimum absolute atomic E-state index is 0.125. The molecule has 0 amide bonds. The number of morpholine rings is 1. The number of hydrogen-bond donors (Lipinski definition) is 0. The number of ether oxygens (including phenoxy) is 2. The number of fused-ring (bicyclic) bond motifs is 1. The van der Waals surface area contributed by atoms with Gasteiger partial charge in [0.1, 0.15) is 6.61 Å². The molecule has 0 aliphatic carbocycles. The van der Waals surface area contributed by atoms with E-state index in [4.69, 9.17) is 9.47 Å². The van der Waals surface area contributed by atoms with Gasteiger partial charge in [-0.3, -0.25) is 14.7 Å². The van der Waals surface area contributed by atoms with Gasteiger partial charge < -0.3 is 9.47 Å². The van der Waals surface area contributed by atoms with Crippen molar-refractivity contribution in [1.82, 2.24) is 13.9 Å². The van der Waals surface area contributed by atoms with E-state index >= 15 is 0 Å². The van der Waals surface area contributed by atoms with Gasteiger partial charge in [0, 0.05) is 19.2 Å². The Bertz CT molecular complexity index is 1260. The molecule has 0 atom stereocenters. The van der Waals surface area contributed by atoms with Crippen LogP contribution in [0.25, 0.3) is 11.0 Å². The molecular formula is C19H18F2N4O6S. The molecule has 1 aliphatic rings. The predicted octanol–water partition coefficient (Wildman–Crippen LogP) is 2.94. The molecule has 2 heterocycles. The number of halogens is 2. The summed E-state index contributed by atoms with van der Waals surface area (Å²) in [7, 11) is -3.96. The molecule has 0 bridgehead atoms. The largest absolute Gasteiger partial charge is 0.479 e. The van der Waals surface area contributed by atoms with E-state index in [0.29, 0.717) is 10.1 Å². The second-order valence-electron chi connectivity index (χ2n) is 6.86. The number of alkyl halides is 2. The lowest BCUT2D eigenvalue weighted by Gasteiger charge is -2.26. The van der Waals surface area contributed by atoms with E-state index in [1.54, 1.807) is 18.2 Å². The minimum Gasteiger partial charge on any atom is -0.479 e. The molecule has 3 aromatic rings. The first-order valence-corrected chi connectivity index (χ1v) is 11.0. The van der Waals surface area contributed by atoms with Crippen molar-refractivity contribution in [3.8, 4) is 5.75 Å². The molecule has 4 rings (SSSR count). The second-order valence-corrected chi connectivity index (χ2v) is 8.79. The van der Waals surface area contributed by atoms with Gasteiger partial charge in [-0.05, 0) is 24.3 Å². The average molecular weight is 468 g/mol. The van der Waals surface area contributed by atoms with Crippen LogP contribution in [0.15, 0.2) is 47.4 Å². The number of nitro benzene ring substituents is 1. The van der Waals surface area contributed by atoms with Gasteiger partial charge in [0.05, 0.1) is 34.1 Å². The lowest BCUT2D eigenvalue weighted by molar-refractivity contribution is -0.386. The summed E-state index contributed by atoms with van der Waals surface area (Å²) in [6, 6.07) is 9.50. The van der Waals surface area contributed by atoms with Crippen molar-refractivity contribution < 1.29 is 31.6 Å². The molecule has 0 radical (unpaired) electrons. The zero-order valence-corrected chi connectivity index (χ0v) is 17.4. The summed E-state index contributed by atoms with van der Waals surface area (Å²) in [5.74, 6) is -0.385. The Morgan fingerprint density at radius 3 is 2.59 bits per heavy atom. The fourth-order valence-corrected chi connectivity index (χ4v) is 4.84. The Balaban J connectivity index is 1.63. The van der Waals surface area contributed by atoms with E-state index in [1.165, 1.54) is 16.4 Å². The van der Waals surface area contributed by atoms with Crippen molar-refractivity contribution in [2.45, 2.75) is 18.1 Å². The van der Waals surface area contributed by atoms with Crippen LogP contribution >= 0.6 is 0 Å². The van der Waals surface area contributed by atoms with E-state index in [9.17, 15) is 27.3 Å². The molecule has 1 aliphatic heterocycles. The SMILES string of the molecule is O=[N+]([O-])c1cc(S(=O)(=O)N2CCOCC2)ccc1OCc1nc2ccccc2n1C(F)F. The molecule has 32 heavy (non-hydrogen) atoms. The molecule has 170 valence electrons. The number of aromatic nitrogens is 2. The number of imidazole rings is 1. The van der Waals surface area contributed by atoms with Crippen molar-refractivity contribution in [1.29, 1.82) is 0 Å². The third kappa shape index (κ3) is 4.13. The average Bonchev–Trinajstić information content (AvgIpc) is 3.16. The highest BCUT2D eigenvalue weighted by atomic mass is 32.2. The third-order valence-corrected chi connectivity index (χ3v) is 6.85. The van der Waals surface area contributed by atoms with Crippen LogP contribution in [-0.4, -0.2) is 53.5 Å². The predicted molar refractivity (Wildman–Crippen MR) is 108 cm³/mol. The molecule has 2 aromatic carbocycles. The standard InChI is InChI=1S/C19H18F2N4O6S/c20-19(21)24-15-4-2-1-3-14(15)22-18(24)12-31-17-6-5-13(11-16(17)25(26)27)32(28,29)23-7-9-30-10-8-23/h1-6,11,19H,7-10,12H2. The molecule has 0 spiro atoms. The lowest BCUT2D eigenvalue weighted by atomic mass is 10.3. The van der Waals surface area contributed by atoms with Crippen molar-refractivity contribution in [3.05, 3.63) is 58.4 Å². The van der Waals surface area contributed by atoms with E-state index in [1.807, 2.05) is 0 Å². The molecule has 1 saturated heterocycles. The summed E-state index contributed by atoms with van der Waals surface area (Å²) in [5.41, 5.74) is -0.0746. The first-order chi connectivity index (χ1) is 15.3. The summed E-state index contributed by atoms with van der Waals surface area (Å²) in [5, 5.41) is 11.6. The van der Waals surface area contributed by atoms with Gasteiger partial charge >= 0.3 is 12.2 Å². The van der Waals surface area contributed by atoms with Gasteiger partial charge in [0.25, 0.3) is 0 Å². The van der Waals surface area contributed by atoms with Crippen LogP contribution in [0.1, 0.15) is 12.4 Å². The van der Waals surface area contributed by atoms with Gasteiger partial charge in [-0.15, -0.1) is 0 Å². The Kier molecular flexibility index (Phi) is 6.04. The highest BCUT2D eigenvalue weighted by Crippen LogP contribution is 2.32. The molecule has 0 N–H and O–H groups in total. The fraction of sp³-hybridized carbons (Fsp3) is 0.316. The van der Waals surface area contributed by atoms with Crippen LogP contribution in [0.4, 0.5) is 14.5 Å². The maximum Gasteiger partial charge on any atom is 0.320 e. The van der Waals surface area contributed by atoms with E-state index in [-0.39, 0.29) is 48.3 Å². The Morgan fingerprint density at radius 2 is 1.91 bits per heavy atom. The van der Waals surface area contributed by atoms with Crippen molar-refractivity contribution >= 4 is 26.7 Å². The maximum atomic E-state index is 13.6. The van der Waals surface area contributed by atoms with Gasteiger partial charge in [0.15, 0.2) is 11.6 Å². The quantitative estimate of drug-likeness (QED) is 0.387. The van der Waals surface area contributed by atoms with E-state index in [2.05, 4.69) is 4.98 Å². The zero-order valence-electron chi connectivity index (χ0n) is 16.6. The zero-order chi connectivity index (χ0) is 22.9. The van der Waals surface area contributed by atoms with Crippen molar-refractivity contribution in [2.75, 3.05) is 26.3 Å². The van der Waals surface area contributed by atoms with Gasteiger partial charge in [-0.1, -0.05) is 12.1 Å². The number of benzene rings is 2. The molecule has 10 nitrogen and oxygen atoms in total. The summed E-state index contributed by atoms with van der Waals surface area (Å²) >= 11 is 0. The van der Waals surface area contributed by atoms with Gasteiger partial charge in [0.2, 0.25) is 10.0 Å². The molecule has 13 heteroatoms. The maximum absolute atomic E-state index is 13.6. The number of sulfonamides is 1. The fourth-order valence-electron chi connectivity index (χ4n) is 3.41. The van der Waals surface area contributed by atoms with E-state index < -0.39 is 33.8 Å². The van der Waals surface area contributed by atoms with Crippen molar-refractivity contribution in [2.24, 2.45) is 0 Å². The minimum atomic E-state index is -3.96. The summed E-state index contributed by atoms with van der Waals surface area (Å²) < 4.78 is 65.1.